The molecule has 0 aliphatic rings. The highest BCUT2D eigenvalue weighted by molar-refractivity contribution is 5.94. The minimum Gasteiger partial charge on any atom is -0.478 e. The Morgan fingerprint density at radius 1 is 1.35 bits per heavy atom. The number of carbonyl (C=O) groups is 2. The molecular formula is C12H12FNO3. The van der Waals surface area contributed by atoms with Gasteiger partial charge in [0.2, 0.25) is 0 Å². The quantitative estimate of drug-likeness (QED) is 0.760. The molecule has 1 unspecified atom stereocenters. The number of aliphatic carboxylic acids is 1. The lowest BCUT2D eigenvalue weighted by molar-refractivity contribution is -0.131. The third kappa shape index (κ3) is 4.46. The summed E-state index contributed by atoms with van der Waals surface area (Å²) >= 11 is 0. The van der Waals surface area contributed by atoms with E-state index in [2.05, 4.69) is 5.32 Å². The van der Waals surface area contributed by atoms with E-state index in [0.29, 0.717) is 5.56 Å². The first kappa shape index (κ1) is 12.9. The Bertz CT molecular complexity index is 417. The lowest BCUT2D eigenvalue weighted by Crippen LogP contribution is -2.35. The molecule has 1 rings (SSSR count). The van der Waals surface area contributed by atoms with E-state index in [1.165, 1.54) is 0 Å². The number of carboxylic acid groups (broad SMARTS) is 1. The summed E-state index contributed by atoms with van der Waals surface area (Å²) in [4.78, 5) is 21.9. The highest BCUT2D eigenvalue weighted by Crippen LogP contribution is 1.99. The van der Waals surface area contributed by atoms with Crippen molar-refractivity contribution in [3.63, 3.8) is 0 Å². The molecule has 1 atom stereocenters. The number of hydrogen-bond donors (Lipinski definition) is 2. The van der Waals surface area contributed by atoms with Gasteiger partial charge in [0.15, 0.2) is 0 Å². The van der Waals surface area contributed by atoms with Crippen molar-refractivity contribution in [1.82, 2.24) is 5.32 Å². The molecule has 4 nitrogen and oxygen atoms in total. The molecule has 0 saturated heterocycles. The van der Waals surface area contributed by atoms with Crippen molar-refractivity contribution in [2.75, 3.05) is 6.67 Å². The molecule has 2 N–H and O–H groups in total. The third-order valence-corrected chi connectivity index (χ3v) is 1.99. The van der Waals surface area contributed by atoms with E-state index in [1.807, 2.05) is 0 Å². The molecule has 0 aliphatic heterocycles. The molecule has 0 bridgehead atoms. The Labute approximate surface area is 97.8 Å². The average molecular weight is 237 g/mol. The van der Waals surface area contributed by atoms with Crippen LogP contribution in [0.15, 0.2) is 42.5 Å². The Kier molecular flexibility index (Phi) is 4.87. The molecule has 0 aromatic heterocycles. The first-order valence-electron chi connectivity index (χ1n) is 4.96. The molecule has 1 aromatic carbocycles. The lowest BCUT2D eigenvalue weighted by Gasteiger charge is -2.10. The first-order valence-corrected chi connectivity index (χ1v) is 4.96. The topological polar surface area (TPSA) is 66.4 Å². The highest BCUT2D eigenvalue weighted by atomic mass is 19.1. The largest absolute Gasteiger partial charge is 0.478 e. The number of halogens is 1. The number of alkyl halides is 1. The molecule has 0 aliphatic carbocycles. The number of nitrogens with one attached hydrogen (secondary N) is 1. The molecular weight excluding hydrogens is 225 g/mol. The highest BCUT2D eigenvalue weighted by Gasteiger charge is 2.10. The maximum Gasteiger partial charge on any atom is 0.328 e. The van der Waals surface area contributed by atoms with Crippen LogP contribution in [-0.2, 0) is 4.79 Å². The van der Waals surface area contributed by atoms with Crippen LogP contribution in [0.5, 0.6) is 0 Å². The predicted molar refractivity (Wildman–Crippen MR) is 60.4 cm³/mol. The molecule has 0 spiro atoms. The van der Waals surface area contributed by atoms with Gasteiger partial charge in [0, 0.05) is 11.6 Å². The molecule has 17 heavy (non-hydrogen) atoms. The van der Waals surface area contributed by atoms with E-state index in [9.17, 15) is 14.0 Å². The van der Waals surface area contributed by atoms with E-state index in [1.54, 1.807) is 30.3 Å². The van der Waals surface area contributed by atoms with Gasteiger partial charge >= 0.3 is 5.97 Å². The molecule has 90 valence electrons. The fourth-order valence-electron chi connectivity index (χ4n) is 1.18. The summed E-state index contributed by atoms with van der Waals surface area (Å²) in [5, 5.41) is 10.8. The summed E-state index contributed by atoms with van der Waals surface area (Å²) in [6.07, 6.45) is 1.90. The van der Waals surface area contributed by atoms with Crippen LogP contribution in [0.25, 0.3) is 0 Å². The van der Waals surface area contributed by atoms with Gasteiger partial charge in [-0.25, -0.2) is 9.18 Å². The number of benzene rings is 1. The summed E-state index contributed by atoms with van der Waals surface area (Å²) in [6, 6.07) is 7.38. The van der Waals surface area contributed by atoms with Crippen molar-refractivity contribution in [2.45, 2.75) is 6.04 Å². The summed E-state index contributed by atoms with van der Waals surface area (Å²) in [5.74, 6) is -1.62. The summed E-state index contributed by atoms with van der Waals surface area (Å²) in [5.41, 5.74) is 0.398. The zero-order valence-corrected chi connectivity index (χ0v) is 8.97. The van der Waals surface area contributed by atoms with Crippen LogP contribution in [0, 0.1) is 0 Å². The van der Waals surface area contributed by atoms with Crippen LogP contribution in [-0.4, -0.2) is 29.7 Å². The standard InChI is InChI=1S/C12H12FNO3/c13-8-10(6-7-11(15)16)14-12(17)9-4-2-1-3-5-9/h1-7,10H,8H2,(H,14,17)(H,15,16). The number of amides is 1. The second-order valence-corrected chi connectivity index (χ2v) is 3.30. The van der Waals surface area contributed by atoms with Crippen molar-refractivity contribution in [1.29, 1.82) is 0 Å². The van der Waals surface area contributed by atoms with Crippen molar-refractivity contribution in [3.8, 4) is 0 Å². The van der Waals surface area contributed by atoms with Crippen molar-refractivity contribution < 1.29 is 19.1 Å². The summed E-state index contributed by atoms with van der Waals surface area (Å²) in [6.45, 7) is -0.859. The lowest BCUT2D eigenvalue weighted by atomic mass is 10.2. The van der Waals surface area contributed by atoms with E-state index in [4.69, 9.17) is 5.11 Å². The van der Waals surface area contributed by atoms with Gasteiger partial charge in [-0.15, -0.1) is 0 Å². The first-order chi connectivity index (χ1) is 8.13. The van der Waals surface area contributed by atoms with Crippen LogP contribution in [0.3, 0.4) is 0 Å². The number of carboxylic acids is 1. The number of hydrogen-bond acceptors (Lipinski definition) is 2. The van der Waals surface area contributed by atoms with Crippen LogP contribution < -0.4 is 5.32 Å². The molecule has 0 fully saturated rings. The Balaban J connectivity index is 2.63. The van der Waals surface area contributed by atoms with Gasteiger partial charge in [-0.05, 0) is 12.1 Å². The second-order valence-electron chi connectivity index (χ2n) is 3.30. The van der Waals surface area contributed by atoms with E-state index < -0.39 is 24.6 Å². The Morgan fingerprint density at radius 3 is 2.53 bits per heavy atom. The summed E-state index contributed by atoms with van der Waals surface area (Å²) < 4.78 is 12.5. The fourth-order valence-corrected chi connectivity index (χ4v) is 1.18. The van der Waals surface area contributed by atoms with E-state index in [0.717, 1.165) is 12.2 Å². The van der Waals surface area contributed by atoms with Gasteiger partial charge in [-0.1, -0.05) is 24.3 Å². The maximum atomic E-state index is 12.5. The van der Waals surface area contributed by atoms with E-state index >= 15 is 0 Å². The molecule has 0 heterocycles. The Hall–Kier alpha value is -2.17. The number of rotatable bonds is 5. The van der Waals surface area contributed by atoms with Crippen molar-refractivity contribution >= 4 is 11.9 Å². The van der Waals surface area contributed by atoms with Gasteiger partial charge in [0.05, 0.1) is 6.04 Å². The second kappa shape index (κ2) is 6.42. The monoisotopic (exact) mass is 237 g/mol. The van der Waals surface area contributed by atoms with Gasteiger partial charge in [0.25, 0.3) is 5.91 Å². The SMILES string of the molecule is O=C(O)C=CC(CF)NC(=O)c1ccccc1. The van der Waals surface area contributed by atoms with Gasteiger partial charge in [-0.2, -0.15) is 0 Å². The van der Waals surface area contributed by atoms with Crippen LogP contribution in [0.2, 0.25) is 0 Å². The van der Waals surface area contributed by atoms with Crippen LogP contribution in [0.4, 0.5) is 4.39 Å². The minimum atomic E-state index is -1.18. The third-order valence-electron chi connectivity index (χ3n) is 1.99. The van der Waals surface area contributed by atoms with Gasteiger partial charge < -0.3 is 10.4 Å². The average Bonchev–Trinajstić information content (AvgIpc) is 2.35. The van der Waals surface area contributed by atoms with Crippen LogP contribution >= 0.6 is 0 Å². The van der Waals surface area contributed by atoms with Gasteiger partial charge in [0.1, 0.15) is 6.67 Å². The molecule has 5 heteroatoms. The van der Waals surface area contributed by atoms with Gasteiger partial charge in [-0.3, -0.25) is 4.79 Å². The van der Waals surface area contributed by atoms with E-state index in [-0.39, 0.29) is 0 Å². The fraction of sp³-hybridized carbons (Fsp3) is 0.167. The zero-order valence-electron chi connectivity index (χ0n) is 8.97. The molecule has 0 saturated carbocycles. The molecule has 1 aromatic rings. The normalized spacial score (nSPS) is 12.3. The Morgan fingerprint density at radius 2 is 2.00 bits per heavy atom. The smallest absolute Gasteiger partial charge is 0.328 e. The predicted octanol–water partition coefficient (Wildman–Crippen LogP) is 1.40. The summed E-state index contributed by atoms with van der Waals surface area (Å²) in [7, 11) is 0. The zero-order chi connectivity index (χ0) is 12.7. The van der Waals surface area contributed by atoms with Crippen molar-refractivity contribution in [2.24, 2.45) is 0 Å². The number of carbonyl (C=O) groups excluding carboxylic acids is 1. The van der Waals surface area contributed by atoms with Crippen molar-refractivity contribution in [3.05, 3.63) is 48.0 Å². The molecule has 1 amide bonds. The molecule has 0 radical (unpaired) electrons. The minimum absolute atomic E-state index is 0.398. The van der Waals surface area contributed by atoms with Crippen LogP contribution in [0.1, 0.15) is 10.4 Å². The maximum absolute atomic E-state index is 12.5.